The second-order valence-electron chi connectivity index (χ2n) is 7.94. The lowest BCUT2D eigenvalue weighted by Gasteiger charge is -2.12. The van der Waals surface area contributed by atoms with Crippen LogP contribution in [-0.2, 0) is 19.5 Å². The molecule has 7 heteroatoms. The van der Waals surface area contributed by atoms with Crippen molar-refractivity contribution in [1.82, 2.24) is 4.57 Å². The van der Waals surface area contributed by atoms with Gasteiger partial charge in [-0.05, 0) is 31.0 Å². The minimum Gasteiger partial charge on any atom is -0.337 e. The highest BCUT2D eigenvalue weighted by Crippen LogP contribution is 2.45. The summed E-state index contributed by atoms with van der Waals surface area (Å²) in [5.41, 5.74) is 3.85. The molecule has 4 aromatic rings. The fourth-order valence-corrected chi connectivity index (χ4v) is 7.41. The van der Waals surface area contributed by atoms with Crippen LogP contribution in [0.25, 0.3) is 11.1 Å². The molecule has 0 unspecified atom stereocenters. The SMILES string of the molecule is CCc1ccc2c(c1)SC(=c1sc(=Cc3scc[n+]3Cc3ccccc3)n(CC)c1=O)N2C. The van der Waals surface area contributed by atoms with Crippen LogP contribution in [0.5, 0.6) is 0 Å². The summed E-state index contributed by atoms with van der Waals surface area (Å²) >= 11 is 5.00. The number of fused-ring (bicyclic) bond motifs is 1. The molecule has 2 aromatic carbocycles. The summed E-state index contributed by atoms with van der Waals surface area (Å²) in [7, 11) is 2.06. The van der Waals surface area contributed by atoms with Crippen LogP contribution in [0.1, 0.15) is 30.0 Å². The molecule has 0 aliphatic carbocycles. The number of anilines is 1. The number of hydrogen-bond acceptors (Lipinski definition) is 5. The van der Waals surface area contributed by atoms with Crippen molar-refractivity contribution in [2.75, 3.05) is 11.9 Å². The fourth-order valence-electron chi connectivity index (χ4n) is 4.03. The number of aromatic nitrogens is 2. The van der Waals surface area contributed by atoms with E-state index in [2.05, 4.69) is 83.6 Å². The van der Waals surface area contributed by atoms with E-state index < -0.39 is 0 Å². The van der Waals surface area contributed by atoms with Gasteiger partial charge in [-0.1, -0.05) is 66.4 Å². The predicted octanol–water partition coefficient (Wildman–Crippen LogP) is 4.03. The highest BCUT2D eigenvalue weighted by Gasteiger charge is 2.25. The maximum absolute atomic E-state index is 13.4. The standard InChI is InChI=1S/C26H26N3OS3/c1-4-18-11-12-20-21(15-18)32-26(27(20)3)24-25(30)29(5-2)23(33-24)16-22-28(13-14-31-22)17-19-9-7-6-8-10-19/h6-16H,4-5,17H2,1-3H3/q+1. The largest absolute Gasteiger partial charge is 0.337 e. The van der Waals surface area contributed by atoms with Crippen molar-refractivity contribution in [1.29, 1.82) is 0 Å². The van der Waals surface area contributed by atoms with Crippen LogP contribution in [0.3, 0.4) is 0 Å². The quantitative estimate of drug-likeness (QED) is 0.394. The van der Waals surface area contributed by atoms with E-state index in [0.717, 1.165) is 32.2 Å². The minimum atomic E-state index is 0.0952. The van der Waals surface area contributed by atoms with E-state index in [4.69, 9.17) is 0 Å². The molecule has 0 radical (unpaired) electrons. The highest BCUT2D eigenvalue weighted by molar-refractivity contribution is 8.08. The summed E-state index contributed by atoms with van der Waals surface area (Å²) in [5.74, 6) is 0. The Balaban J connectivity index is 1.60. The predicted molar refractivity (Wildman–Crippen MR) is 141 cm³/mol. The fraction of sp³-hybridized carbons (Fsp3) is 0.231. The Labute approximate surface area is 205 Å². The van der Waals surface area contributed by atoms with Gasteiger partial charge in [-0.15, -0.1) is 11.3 Å². The lowest BCUT2D eigenvalue weighted by atomic mass is 10.1. The van der Waals surface area contributed by atoms with Crippen molar-refractivity contribution in [3.05, 3.63) is 95.8 Å². The van der Waals surface area contributed by atoms with Crippen molar-refractivity contribution >= 4 is 51.2 Å². The first-order valence-corrected chi connectivity index (χ1v) is 13.6. The zero-order valence-electron chi connectivity index (χ0n) is 18.9. The summed E-state index contributed by atoms with van der Waals surface area (Å²) < 4.78 is 5.95. The van der Waals surface area contributed by atoms with Gasteiger partial charge in [-0.3, -0.25) is 9.36 Å². The average molecular weight is 493 g/mol. The number of hydrogen-bond donors (Lipinski definition) is 0. The molecule has 1 aliphatic heterocycles. The molecule has 33 heavy (non-hydrogen) atoms. The van der Waals surface area contributed by atoms with Crippen LogP contribution in [0, 0.1) is 0 Å². The van der Waals surface area contributed by atoms with E-state index in [0.29, 0.717) is 6.54 Å². The molecule has 0 bridgehead atoms. The molecule has 168 valence electrons. The normalized spacial score (nSPS) is 15.4. The number of rotatable bonds is 5. The summed E-state index contributed by atoms with van der Waals surface area (Å²) in [6.45, 7) is 5.68. The average Bonchev–Trinajstić information content (AvgIpc) is 3.50. The number of aryl methyl sites for hydroxylation is 1. The summed E-state index contributed by atoms with van der Waals surface area (Å²) in [6.07, 6.45) is 5.29. The zero-order chi connectivity index (χ0) is 22.9. The first-order valence-electron chi connectivity index (χ1n) is 11.1. The molecule has 4 nitrogen and oxygen atoms in total. The molecule has 0 saturated carbocycles. The van der Waals surface area contributed by atoms with Crippen LogP contribution in [-0.4, -0.2) is 11.6 Å². The Morgan fingerprint density at radius 3 is 2.64 bits per heavy atom. The highest BCUT2D eigenvalue weighted by atomic mass is 32.2. The van der Waals surface area contributed by atoms with Gasteiger partial charge in [0.15, 0.2) is 12.7 Å². The van der Waals surface area contributed by atoms with E-state index in [1.54, 1.807) is 34.4 Å². The Morgan fingerprint density at radius 2 is 1.88 bits per heavy atom. The number of nitrogens with zero attached hydrogens (tertiary/aromatic N) is 3. The van der Waals surface area contributed by atoms with E-state index >= 15 is 0 Å². The molecule has 0 spiro atoms. The van der Waals surface area contributed by atoms with E-state index in [9.17, 15) is 4.79 Å². The molecule has 0 amide bonds. The van der Waals surface area contributed by atoms with E-state index in [1.807, 2.05) is 17.6 Å². The lowest BCUT2D eigenvalue weighted by molar-refractivity contribution is -0.685. The Bertz CT molecular complexity index is 1480. The maximum atomic E-state index is 13.4. The monoisotopic (exact) mass is 492 g/mol. The van der Waals surface area contributed by atoms with Crippen LogP contribution >= 0.6 is 34.4 Å². The Morgan fingerprint density at radius 1 is 1.06 bits per heavy atom. The van der Waals surface area contributed by atoms with Crippen LogP contribution in [0.2, 0.25) is 0 Å². The van der Waals surface area contributed by atoms with Crippen molar-refractivity contribution < 1.29 is 4.57 Å². The first kappa shape index (κ1) is 22.2. The maximum Gasteiger partial charge on any atom is 0.271 e. The van der Waals surface area contributed by atoms with E-state index in [-0.39, 0.29) is 5.56 Å². The third kappa shape index (κ3) is 4.21. The molecule has 0 atom stereocenters. The van der Waals surface area contributed by atoms with Crippen molar-refractivity contribution in [3.63, 3.8) is 0 Å². The molecule has 1 aliphatic rings. The number of thiazole rings is 2. The number of thioether (sulfide) groups is 1. The summed E-state index contributed by atoms with van der Waals surface area (Å²) in [6, 6.07) is 17.1. The molecular weight excluding hydrogens is 467 g/mol. The van der Waals surface area contributed by atoms with Crippen LogP contribution in [0.4, 0.5) is 5.69 Å². The molecule has 3 heterocycles. The smallest absolute Gasteiger partial charge is 0.271 e. The van der Waals surface area contributed by atoms with Gasteiger partial charge in [0.1, 0.15) is 14.2 Å². The van der Waals surface area contributed by atoms with Crippen LogP contribution < -0.4 is 24.2 Å². The third-order valence-corrected chi connectivity index (χ3v) is 9.20. The molecule has 0 fully saturated rings. The Kier molecular flexibility index (Phi) is 6.27. The summed E-state index contributed by atoms with van der Waals surface area (Å²) in [5, 5.41) is 4.27. The van der Waals surface area contributed by atoms with Gasteiger partial charge in [-0.25, -0.2) is 0 Å². The van der Waals surface area contributed by atoms with Crippen LogP contribution in [0.15, 0.2) is 69.8 Å². The van der Waals surface area contributed by atoms with Gasteiger partial charge < -0.3 is 4.90 Å². The van der Waals surface area contributed by atoms with Gasteiger partial charge >= 0.3 is 0 Å². The Hall–Kier alpha value is -2.61. The molecular formula is C26H26N3OS3+. The van der Waals surface area contributed by atoms with Crippen molar-refractivity contribution in [3.8, 4) is 0 Å². The van der Waals surface area contributed by atoms with E-state index in [1.165, 1.54) is 21.7 Å². The van der Waals surface area contributed by atoms with Gasteiger partial charge in [0, 0.05) is 24.1 Å². The second kappa shape index (κ2) is 9.33. The molecule has 0 saturated heterocycles. The third-order valence-electron chi connectivity index (χ3n) is 5.88. The summed E-state index contributed by atoms with van der Waals surface area (Å²) in [4.78, 5) is 16.8. The van der Waals surface area contributed by atoms with Gasteiger partial charge in [0.25, 0.3) is 10.6 Å². The topological polar surface area (TPSA) is 29.1 Å². The van der Waals surface area contributed by atoms with Gasteiger partial charge in [-0.2, -0.15) is 4.57 Å². The van der Waals surface area contributed by atoms with Gasteiger partial charge in [0.05, 0.1) is 17.1 Å². The number of benzene rings is 2. The molecule has 2 aromatic heterocycles. The van der Waals surface area contributed by atoms with Crippen molar-refractivity contribution in [2.45, 2.75) is 38.3 Å². The first-order chi connectivity index (χ1) is 16.1. The lowest BCUT2D eigenvalue weighted by Crippen LogP contribution is -2.36. The molecule has 5 rings (SSSR count). The molecule has 0 N–H and O–H groups in total. The zero-order valence-corrected chi connectivity index (χ0v) is 21.4. The second-order valence-corrected chi connectivity index (χ2v) is 10.9. The minimum absolute atomic E-state index is 0.0952. The van der Waals surface area contributed by atoms with Gasteiger partial charge in [0.2, 0.25) is 0 Å². The van der Waals surface area contributed by atoms with Crippen molar-refractivity contribution in [2.24, 2.45) is 0 Å².